The molecule has 0 heterocycles. The van der Waals surface area contributed by atoms with Crippen LogP contribution in [-0.2, 0) is 19.2 Å². The van der Waals surface area contributed by atoms with Crippen LogP contribution in [0.3, 0.4) is 0 Å². The summed E-state index contributed by atoms with van der Waals surface area (Å²) in [7, 11) is 0. The van der Waals surface area contributed by atoms with Crippen LogP contribution in [-0.4, -0.2) is 23.9 Å². The van der Waals surface area contributed by atoms with Crippen molar-refractivity contribution in [3.8, 4) is 45.3 Å². The Balaban J connectivity index is 2.15. The SMILES string of the molecule is C=CC(=O)Oc1ccc(-c2cc(OC(=O)C=C)c(-c3ccc(OC(=O)C=C)cc3)cc2OC(=O)C=C)cc1. The van der Waals surface area contributed by atoms with Crippen molar-refractivity contribution in [3.63, 3.8) is 0 Å². The van der Waals surface area contributed by atoms with Crippen LogP contribution in [0.1, 0.15) is 0 Å². The topological polar surface area (TPSA) is 105 Å². The van der Waals surface area contributed by atoms with Gasteiger partial charge in [-0.05, 0) is 47.5 Å². The Labute approximate surface area is 218 Å². The van der Waals surface area contributed by atoms with Gasteiger partial charge in [-0.15, -0.1) is 0 Å². The third-order valence-corrected chi connectivity index (χ3v) is 4.94. The van der Waals surface area contributed by atoms with Crippen LogP contribution in [0.15, 0.2) is 111 Å². The summed E-state index contributed by atoms with van der Waals surface area (Å²) in [5, 5.41) is 0. The highest BCUT2D eigenvalue weighted by atomic mass is 16.5. The van der Waals surface area contributed by atoms with Crippen LogP contribution in [0, 0.1) is 0 Å². The molecule has 0 fully saturated rings. The Morgan fingerprint density at radius 2 is 0.763 bits per heavy atom. The molecule has 8 nitrogen and oxygen atoms in total. The minimum Gasteiger partial charge on any atom is -0.423 e. The third kappa shape index (κ3) is 6.79. The van der Waals surface area contributed by atoms with E-state index >= 15 is 0 Å². The maximum Gasteiger partial charge on any atom is 0.335 e. The largest absolute Gasteiger partial charge is 0.423 e. The summed E-state index contributed by atoms with van der Waals surface area (Å²) in [5.41, 5.74) is 1.91. The fourth-order valence-corrected chi connectivity index (χ4v) is 3.20. The number of hydrogen-bond donors (Lipinski definition) is 0. The van der Waals surface area contributed by atoms with Gasteiger partial charge in [0.1, 0.15) is 23.0 Å². The second-order valence-electron chi connectivity index (χ2n) is 7.39. The predicted octanol–water partition coefficient (Wildman–Crippen LogP) is 5.39. The summed E-state index contributed by atoms with van der Waals surface area (Å²) in [6.45, 7) is 13.6. The molecule has 0 amide bonds. The normalized spacial score (nSPS) is 9.89. The Morgan fingerprint density at radius 3 is 1.05 bits per heavy atom. The molecule has 38 heavy (non-hydrogen) atoms. The van der Waals surface area contributed by atoms with E-state index in [1.165, 1.54) is 12.1 Å². The van der Waals surface area contributed by atoms with Gasteiger partial charge in [-0.1, -0.05) is 50.6 Å². The van der Waals surface area contributed by atoms with Crippen LogP contribution in [0.4, 0.5) is 0 Å². The zero-order valence-electron chi connectivity index (χ0n) is 20.2. The molecular formula is C30H22O8. The van der Waals surface area contributed by atoms with Crippen molar-refractivity contribution in [2.45, 2.75) is 0 Å². The fraction of sp³-hybridized carbons (Fsp3) is 0. The van der Waals surface area contributed by atoms with Crippen LogP contribution >= 0.6 is 0 Å². The van der Waals surface area contributed by atoms with E-state index in [1.54, 1.807) is 48.5 Å². The second-order valence-corrected chi connectivity index (χ2v) is 7.39. The molecule has 3 aromatic rings. The molecule has 0 saturated carbocycles. The molecule has 0 unspecified atom stereocenters. The molecule has 0 N–H and O–H groups in total. The van der Waals surface area contributed by atoms with Gasteiger partial charge in [0.05, 0.1) is 0 Å². The lowest BCUT2D eigenvalue weighted by Gasteiger charge is -2.16. The number of hydrogen-bond acceptors (Lipinski definition) is 8. The summed E-state index contributed by atoms with van der Waals surface area (Å²) in [6, 6.07) is 15.8. The van der Waals surface area contributed by atoms with E-state index in [4.69, 9.17) is 18.9 Å². The van der Waals surface area contributed by atoms with E-state index in [2.05, 4.69) is 26.3 Å². The monoisotopic (exact) mass is 510 g/mol. The number of rotatable bonds is 10. The molecule has 3 aromatic carbocycles. The number of esters is 4. The van der Waals surface area contributed by atoms with E-state index in [0.29, 0.717) is 22.3 Å². The highest BCUT2D eigenvalue weighted by Crippen LogP contribution is 2.42. The van der Waals surface area contributed by atoms with Gasteiger partial charge in [0.15, 0.2) is 0 Å². The van der Waals surface area contributed by atoms with Gasteiger partial charge in [-0.2, -0.15) is 0 Å². The van der Waals surface area contributed by atoms with Crippen molar-refractivity contribution in [1.82, 2.24) is 0 Å². The minimum absolute atomic E-state index is 0.140. The molecule has 3 rings (SSSR count). The number of carbonyl (C=O) groups excluding carboxylic acids is 4. The van der Waals surface area contributed by atoms with E-state index in [-0.39, 0.29) is 23.0 Å². The first-order chi connectivity index (χ1) is 18.3. The third-order valence-electron chi connectivity index (χ3n) is 4.94. The molecular weight excluding hydrogens is 488 g/mol. The molecule has 0 saturated heterocycles. The van der Waals surface area contributed by atoms with Crippen LogP contribution in [0.2, 0.25) is 0 Å². The summed E-state index contributed by atoms with van der Waals surface area (Å²) in [5.74, 6) is -1.83. The van der Waals surface area contributed by atoms with Crippen molar-refractivity contribution < 1.29 is 38.1 Å². The molecule has 0 bridgehead atoms. The molecule has 0 radical (unpaired) electrons. The van der Waals surface area contributed by atoms with Gasteiger partial charge in [-0.25, -0.2) is 19.2 Å². The molecule has 8 heteroatoms. The van der Waals surface area contributed by atoms with Gasteiger partial charge in [0.25, 0.3) is 0 Å². The molecule has 190 valence electrons. The molecule has 0 aliphatic rings. The van der Waals surface area contributed by atoms with Gasteiger partial charge in [0.2, 0.25) is 0 Å². The van der Waals surface area contributed by atoms with Gasteiger partial charge >= 0.3 is 23.9 Å². The second kappa shape index (κ2) is 12.5. The smallest absolute Gasteiger partial charge is 0.335 e. The van der Waals surface area contributed by atoms with Crippen molar-refractivity contribution in [3.05, 3.63) is 111 Å². The quantitative estimate of drug-likeness (QED) is 0.203. The number of carbonyl (C=O) groups is 4. The van der Waals surface area contributed by atoms with Gasteiger partial charge < -0.3 is 18.9 Å². The summed E-state index contributed by atoms with van der Waals surface area (Å²) in [4.78, 5) is 47.3. The summed E-state index contributed by atoms with van der Waals surface area (Å²) < 4.78 is 21.2. The van der Waals surface area contributed by atoms with E-state index in [9.17, 15) is 19.2 Å². The fourth-order valence-electron chi connectivity index (χ4n) is 3.20. The Kier molecular flexibility index (Phi) is 8.88. The Hall–Kier alpha value is -5.50. The van der Waals surface area contributed by atoms with Crippen molar-refractivity contribution in [2.24, 2.45) is 0 Å². The average molecular weight is 510 g/mol. The van der Waals surface area contributed by atoms with E-state index < -0.39 is 23.9 Å². The first-order valence-electron chi connectivity index (χ1n) is 11.0. The van der Waals surface area contributed by atoms with E-state index in [0.717, 1.165) is 24.3 Å². The standard InChI is InChI=1S/C30H22O8/c1-5-27(31)35-21-13-9-19(10-14-21)23-17-26(38-30(34)8-4)24(18-25(23)37-29(33)7-3)20-11-15-22(16-12-20)36-28(32)6-2/h5-18H,1-4H2. The predicted molar refractivity (Wildman–Crippen MR) is 141 cm³/mol. The van der Waals surface area contributed by atoms with Crippen LogP contribution in [0.5, 0.6) is 23.0 Å². The maximum absolute atomic E-state index is 12.1. The van der Waals surface area contributed by atoms with Crippen LogP contribution < -0.4 is 18.9 Å². The molecule has 0 spiro atoms. The number of ether oxygens (including phenoxy) is 4. The lowest BCUT2D eigenvalue weighted by Crippen LogP contribution is -2.08. The van der Waals surface area contributed by atoms with Gasteiger partial charge in [-0.3, -0.25) is 0 Å². The first kappa shape index (κ1) is 27.1. The number of benzene rings is 3. The summed E-state index contributed by atoms with van der Waals surface area (Å²) >= 11 is 0. The van der Waals surface area contributed by atoms with Crippen LogP contribution in [0.25, 0.3) is 22.3 Å². The average Bonchev–Trinajstić information content (AvgIpc) is 2.94. The lowest BCUT2D eigenvalue weighted by atomic mass is 9.97. The van der Waals surface area contributed by atoms with Crippen molar-refractivity contribution >= 4 is 23.9 Å². The van der Waals surface area contributed by atoms with Crippen molar-refractivity contribution in [1.29, 1.82) is 0 Å². The molecule has 0 aliphatic carbocycles. The zero-order valence-corrected chi connectivity index (χ0v) is 20.2. The van der Waals surface area contributed by atoms with E-state index in [1.807, 2.05) is 0 Å². The molecule has 0 aliphatic heterocycles. The lowest BCUT2D eigenvalue weighted by molar-refractivity contribution is -0.130. The maximum atomic E-state index is 12.1. The Morgan fingerprint density at radius 1 is 0.474 bits per heavy atom. The van der Waals surface area contributed by atoms with Crippen molar-refractivity contribution in [2.75, 3.05) is 0 Å². The molecule has 0 aromatic heterocycles. The summed E-state index contributed by atoms with van der Waals surface area (Å²) in [6.07, 6.45) is 4.09. The highest BCUT2D eigenvalue weighted by molar-refractivity contribution is 5.91. The van der Waals surface area contributed by atoms with Gasteiger partial charge in [0, 0.05) is 35.4 Å². The first-order valence-corrected chi connectivity index (χ1v) is 11.0. The highest BCUT2D eigenvalue weighted by Gasteiger charge is 2.19. The molecule has 0 atom stereocenters. The zero-order chi connectivity index (χ0) is 27.7. The Bertz CT molecular complexity index is 1320. The minimum atomic E-state index is -0.712.